The number of ether oxygens (including phenoxy) is 1. The molecule has 1 amide bonds. The molecule has 0 aliphatic carbocycles. The van der Waals surface area contributed by atoms with Crippen LogP contribution in [0.3, 0.4) is 0 Å². The number of piperidine rings is 1. The Morgan fingerprint density at radius 2 is 2.25 bits per heavy atom. The van der Waals surface area contributed by atoms with Crippen molar-refractivity contribution in [2.75, 3.05) is 30.7 Å². The first-order valence-corrected chi connectivity index (χ1v) is 7.08. The van der Waals surface area contributed by atoms with Gasteiger partial charge in [-0.3, -0.25) is 0 Å². The van der Waals surface area contributed by atoms with Crippen molar-refractivity contribution >= 4 is 29.2 Å². The van der Waals surface area contributed by atoms with E-state index in [1.807, 2.05) is 0 Å². The maximum Gasteiger partial charge on any atom is 0.409 e. The molecule has 6 nitrogen and oxygen atoms in total. The van der Waals surface area contributed by atoms with Crippen molar-refractivity contribution in [1.29, 1.82) is 0 Å². The summed E-state index contributed by atoms with van der Waals surface area (Å²) in [5, 5.41) is 3.69. The zero-order valence-electron chi connectivity index (χ0n) is 11.4. The summed E-state index contributed by atoms with van der Waals surface area (Å²) in [6.07, 6.45) is 1.41. The van der Waals surface area contributed by atoms with Crippen LogP contribution in [0.5, 0.6) is 0 Å². The van der Waals surface area contributed by atoms with Crippen LogP contribution in [-0.4, -0.2) is 41.7 Å². The summed E-state index contributed by atoms with van der Waals surface area (Å²) in [7, 11) is 0. The lowest BCUT2D eigenvalue weighted by Gasteiger charge is -2.32. The van der Waals surface area contributed by atoms with Crippen LogP contribution >= 0.6 is 11.6 Å². The number of rotatable bonds is 3. The Balaban J connectivity index is 1.88. The minimum Gasteiger partial charge on any atom is -0.450 e. The molecule has 7 heteroatoms. The summed E-state index contributed by atoms with van der Waals surface area (Å²) in [4.78, 5) is 17.5. The number of carbonyl (C=O) groups excluding carboxylic acids is 1. The second-order valence-electron chi connectivity index (χ2n) is 4.68. The van der Waals surface area contributed by atoms with Gasteiger partial charge in [0.1, 0.15) is 5.15 Å². The van der Waals surface area contributed by atoms with Crippen molar-refractivity contribution in [2.24, 2.45) is 0 Å². The van der Waals surface area contributed by atoms with Crippen LogP contribution in [0.15, 0.2) is 12.1 Å². The Bertz CT molecular complexity index is 475. The maximum absolute atomic E-state index is 11.6. The topological polar surface area (TPSA) is 80.5 Å². The zero-order chi connectivity index (χ0) is 14.5. The highest BCUT2D eigenvalue weighted by molar-refractivity contribution is 6.29. The van der Waals surface area contributed by atoms with Gasteiger partial charge in [0, 0.05) is 19.1 Å². The van der Waals surface area contributed by atoms with Gasteiger partial charge in [-0.2, -0.15) is 0 Å². The molecule has 110 valence electrons. The number of nitrogens with zero attached hydrogens (tertiary/aromatic N) is 2. The highest BCUT2D eigenvalue weighted by atomic mass is 35.5. The van der Waals surface area contributed by atoms with E-state index in [1.165, 1.54) is 0 Å². The van der Waals surface area contributed by atoms with E-state index in [1.54, 1.807) is 24.0 Å². The van der Waals surface area contributed by atoms with Crippen molar-refractivity contribution in [3.05, 3.63) is 17.3 Å². The van der Waals surface area contributed by atoms with Gasteiger partial charge in [0.15, 0.2) is 5.82 Å². The van der Waals surface area contributed by atoms with Gasteiger partial charge in [-0.25, -0.2) is 9.78 Å². The summed E-state index contributed by atoms with van der Waals surface area (Å²) in [6, 6.07) is 3.62. The Hall–Kier alpha value is -1.69. The molecule has 0 bridgehead atoms. The molecular weight excluding hydrogens is 280 g/mol. The Kier molecular flexibility index (Phi) is 4.89. The molecule has 1 saturated heterocycles. The average Bonchev–Trinajstić information content (AvgIpc) is 2.44. The molecule has 0 aromatic carbocycles. The van der Waals surface area contributed by atoms with Gasteiger partial charge in [-0.1, -0.05) is 11.6 Å². The third kappa shape index (κ3) is 3.66. The van der Waals surface area contributed by atoms with Gasteiger partial charge in [-0.05, 0) is 31.9 Å². The first kappa shape index (κ1) is 14.7. The van der Waals surface area contributed by atoms with Gasteiger partial charge in [-0.15, -0.1) is 0 Å². The Morgan fingerprint density at radius 1 is 1.55 bits per heavy atom. The van der Waals surface area contributed by atoms with Crippen LogP contribution in [0, 0.1) is 0 Å². The summed E-state index contributed by atoms with van der Waals surface area (Å²) >= 11 is 5.86. The third-order valence-electron chi connectivity index (χ3n) is 3.25. The molecule has 0 saturated carbocycles. The number of pyridine rings is 1. The minimum absolute atomic E-state index is 0.231. The number of nitrogens with two attached hydrogens (primary N) is 1. The van der Waals surface area contributed by atoms with Crippen LogP contribution in [0.1, 0.15) is 19.8 Å². The normalized spacial score (nSPS) is 16.0. The SMILES string of the molecule is CCOC(=O)N1CCC(Nc2nc(Cl)ccc2N)CC1. The lowest BCUT2D eigenvalue weighted by molar-refractivity contribution is 0.0983. The number of likely N-dealkylation sites (tertiary alicyclic amines) is 1. The third-order valence-corrected chi connectivity index (χ3v) is 3.46. The van der Waals surface area contributed by atoms with Gasteiger partial charge >= 0.3 is 6.09 Å². The Labute approximate surface area is 123 Å². The van der Waals surface area contributed by atoms with Gasteiger partial charge < -0.3 is 20.7 Å². The van der Waals surface area contributed by atoms with E-state index in [0.29, 0.717) is 36.4 Å². The first-order chi connectivity index (χ1) is 9.60. The maximum atomic E-state index is 11.6. The summed E-state index contributed by atoms with van der Waals surface area (Å²) in [6.45, 7) is 3.54. The monoisotopic (exact) mass is 298 g/mol. The fourth-order valence-corrected chi connectivity index (χ4v) is 2.32. The summed E-state index contributed by atoms with van der Waals surface area (Å²) in [5.74, 6) is 0.604. The average molecular weight is 299 g/mol. The number of carbonyl (C=O) groups is 1. The number of halogens is 1. The summed E-state index contributed by atoms with van der Waals surface area (Å²) in [5.41, 5.74) is 6.43. The van der Waals surface area contributed by atoms with Crippen molar-refractivity contribution in [2.45, 2.75) is 25.8 Å². The molecule has 1 fully saturated rings. The standard InChI is InChI=1S/C13H19ClN4O2/c1-2-20-13(19)18-7-5-9(6-8-18)16-12-10(15)3-4-11(14)17-12/h3-4,9H,2,5-8,15H2,1H3,(H,16,17). The van der Waals surface area contributed by atoms with Gasteiger partial charge in [0.25, 0.3) is 0 Å². The van der Waals surface area contributed by atoms with Crippen LogP contribution in [0.4, 0.5) is 16.3 Å². The minimum atomic E-state index is -0.244. The molecular formula is C13H19ClN4O2. The molecule has 3 N–H and O–H groups in total. The highest BCUT2D eigenvalue weighted by Gasteiger charge is 2.24. The lowest BCUT2D eigenvalue weighted by Crippen LogP contribution is -2.42. The van der Waals surface area contributed by atoms with Crippen LogP contribution < -0.4 is 11.1 Å². The highest BCUT2D eigenvalue weighted by Crippen LogP contribution is 2.22. The number of aromatic nitrogens is 1. The number of hydrogen-bond donors (Lipinski definition) is 2. The molecule has 1 aliphatic heterocycles. The molecule has 1 aromatic heterocycles. The second kappa shape index (κ2) is 6.65. The predicted octanol–water partition coefficient (Wildman–Crippen LogP) is 2.35. The number of amides is 1. The molecule has 2 heterocycles. The predicted molar refractivity (Wildman–Crippen MR) is 78.9 cm³/mol. The molecule has 1 aromatic rings. The van der Waals surface area contributed by atoms with E-state index >= 15 is 0 Å². The number of anilines is 2. The van der Waals surface area contributed by atoms with E-state index in [4.69, 9.17) is 22.1 Å². The van der Waals surface area contributed by atoms with E-state index in [2.05, 4.69) is 10.3 Å². The zero-order valence-corrected chi connectivity index (χ0v) is 12.2. The molecule has 0 atom stereocenters. The molecule has 0 unspecified atom stereocenters. The van der Waals surface area contributed by atoms with Gasteiger partial charge in [0.2, 0.25) is 0 Å². The number of nitrogen functional groups attached to an aromatic ring is 1. The van der Waals surface area contributed by atoms with Crippen LogP contribution in [0.25, 0.3) is 0 Å². The van der Waals surface area contributed by atoms with Crippen molar-refractivity contribution < 1.29 is 9.53 Å². The molecule has 20 heavy (non-hydrogen) atoms. The van der Waals surface area contributed by atoms with Crippen molar-refractivity contribution in [3.8, 4) is 0 Å². The number of nitrogens with one attached hydrogen (secondary N) is 1. The second-order valence-corrected chi connectivity index (χ2v) is 5.06. The van der Waals surface area contributed by atoms with Crippen molar-refractivity contribution in [1.82, 2.24) is 9.88 Å². The first-order valence-electron chi connectivity index (χ1n) is 6.70. The summed E-state index contributed by atoms with van der Waals surface area (Å²) < 4.78 is 4.99. The van der Waals surface area contributed by atoms with Crippen LogP contribution in [0.2, 0.25) is 5.15 Å². The van der Waals surface area contributed by atoms with Gasteiger partial charge in [0.05, 0.1) is 12.3 Å². The van der Waals surface area contributed by atoms with E-state index in [-0.39, 0.29) is 12.1 Å². The number of hydrogen-bond acceptors (Lipinski definition) is 5. The molecule has 0 spiro atoms. The van der Waals surface area contributed by atoms with Crippen LogP contribution in [-0.2, 0) is 4.74 Å². The fourth-order valence-electron chi connectivity index (χ4n) is 2.18. The van der Waals surface area contributed by atoms with E-state index in [0.717, 1.165) is 12.8 Å². The molecule has 0 radical (unpaired) electrons. The fraction of sp³-hybridized carbons (Fsp3) is 0.538. The Morgan fingerprint density at radius 3 is 2.90 bits per heavy atom. The van der Waals surface area contributed by atoms with E-state index in [9.17, 15) is 4.79 Å². The quantitative estimate of drug-likeness (QED) is 0.837. The largest absolute Gasteiger partial charge is 0.450 e. The smallest absolute Gasteiger partial charge is 0.409 e. The van der Waals surface area contributed by atoms with E-state index < -0.39 is 0 Å². The lowest BCUT2D eigenvalue weighted by atomic mass is 10.1. The molecule has 1 aliphatic rings. The van der Waals surface area contributed by atoms with Crippen molar-refractivity contribution in [3.63, 3.8) is 0 Å². The molecule has 2 rings (SSSR count).